The van der Waals surface area contributed by atoms with Gasteiger partial charge in [-0.1, -0.05) is 19.9 Å². The molecule has 3 rings (SSSR count). The molecule has 138 valence electrons. The van der Waals surface area contributed by atoms with Gasteiger partial charge in [0.2, 0.25) is 0 Å². The summed E-state index contributed by atoms with van der Waals surface area (Å²) in [6.07, 6.45) is 4.77. The van der Waals surface area contributed by atoms with E-state index in [-0.39, 0.29) is 6.17 Å². The van der Waals surface area contributed by atoms with Crippen molar-refractivity contribution in [3.05, 3.63) is 70.0 Å². The Hall–Kier alpha value is -2.22. The summed E-state index contributed by atoms with van der Waals surface area (Å²) >= 11 is 0. The molecule has 0 saturated carbocycles. The van der Waals surface area contributed by atoms with E-state index in [2.05, 4.69) is 102 Å². The van der Waals surface area contributed by atoms with Crippen molar-refractivity contribution in [3.63, 3.8) is 0 Å². The molecule has 2 aromatic rings. The molecule has 1 heterocycles. The molecule has 0 saturated heterocycles. The Kier molecular flexibility index (Phi) is 4.88. The SMILES string of the molecule is Cc1cc(C)c(N2C=CN(c3cc(C)c(C)c(C)c3)C2C(C)C)cc1C. The highest BCUT2D eigenvalue weighted by Crippen LogP contribution is 2.36. The fraction of sp³-hybridized carbons (Fsp3) is 0.417. The molecule has 0 aromatic heterocycles. The van der Waals surface area contributed by atoms with E-state index in [1.165, 1.54) is 44.8 Å². The number of hydrogen-bond donors (Lipinski definition) is 0. The minimum atomic E-state index is 0.289. The highest BCUT2D eigenvalue weighted by Gasteiger charge is 2.32. The maximum Gasteiger partial charge on any atom is 0.112 e. The van der Waals surface area contributed by atoms with Crippen LogP contribution in [0, 0.1) is 47.5 Å². The van der Waals surface area contributed by atoms with E-state index < -0.39 is 0 Å². The Balaban J connectivity index is 2.05. The molecule has 2 nitrogen and oxygen atoms in total. The van der Waals surface area contributed by atoms with Crippen molar-refractivity contribution in [1.82, 2.24) is 0 Å². The summed E-state index contributed by atoms with van der Waals surface area (Å²) in [6.45, 7) is 17.9. The van der Waals surface area contributed by atoms with Gasteiger partial charge in [0.05, 0.1) is 0 Å². The van der Waals surface area contributed by atoms with Crippen molar-refractivity contribution in [1.29, 1.82) is 0 Å². The first kappa shape index (κ1) is 18.6. The largest absolute Gasteiger partial charge is 0.325 e. The van der Waals surface area contributed by atoms with Gasteiger partial charge in [0.1, 0.15) is 6.17 Å². The maximum atomic E-state index is 2.44. The smallest absolute Gasteiger partial charge is 0.112 e. The van der Waals surface area contributed by atoms with Crippen molar-refractivity contribution >= 4 is 11.4 Å². The van der Waals surface area contributed by atoms with Gasteiger partial charge in [0, 0.05) is 23.8 Å². The Morgan fingerprint density at radius 1 is 0.654 bits per heavy atom. The van der Waals surface area contributed by atoms with E-state index in [1.807, 2.05) is 0 Å². The molecule has 2 heteroatoms. The molecule has 1 aliphatic heterocycles. The predicted octanol–water partition coefficient (Wildman–Crippen LogP) is 6.32. The van der Waals surface area contributed by atoms with Crippen LogP contribution in [0.5, 0.6) is 0 Å². The van der Waals surface area contributed by atoms with E-state index in [9.17, 15) is 0 Å². The average Bonchev–Trinajstić information content (AvgIpc) is 3.00. The zero-order valence-corrected chi connectivity index (χ0v) is 17.5. The van der Waals surface area contributed by atoms with Gasteiger partial charge in [-0.25, -0.2) is 0 Å². The molecule has 0 radical (unpaired) electrons. The molecule has 2 aromatic carbocycles. The second-order valence-corrected chi connectivity index (χ2v) is 8.20. The number of aryl methyl sites for hydroxylation is 5. The van der Waals surface area contributed by atoms with Crippen LogP contribution in [0.15, 0.2) is 36.7 Å². The zero-order chi connectivity index (χ0) is 19.2. The zero-order valence-electron chi connectivity index (χ0n) is 17.5. The van der Waals surface area contributed by atoms with Crippen molar-refractivity contribution in [2.24, 2.45) is 5.92 Å². The second kappa shape index (κ2) is 6.83. The van der Waals surface area contributed by atoms with Gasteiger partial charge in [-0.3, -0.25) is 0 Å². The normalized spacial score (nSPS) is 16.9. The van der Waals surface area contributed by atoms with E-state index in [1.54, 1.807) is 0 Å². The van der Waals surface area contributed by atoms with Gasteiger partial charge < -0.3 is 9.80 Å². The van der Waals surface area contributed by atoms with Gasteiger partial charge in [0.15, 0.2) is 0 Å². The summed E-state index contributed by atoms with van der Waals surface area (Å²) in [7, 11) is 0. The molecule has 0 amide bonds. The van der Waals surface area contributed by atoms with E-state index in [0.29, 0.717) is 5.92 Å². The number of hydrogen-bond acceptors (Lipinski definition) is 2. The summed E-state index contributed by atoms with van der Waals surface area (Å²) in [5.74, 6) is 0.493. The number of benzene rings is 2. The lowest BCUT2D eigenvalue weighted by Crippen LogP contribution is -2.43. The third kappa shape index (κ3) is 3.13. The highest BCUT2D eigenvalue weighted by atomic mass is 15.4. The molecule has 1 atom stereocenters. The van der Waals surface area contributed by atoms with Gasteiger partial charge in [-0.15, -0.1) is 0 Å². The average molecular weight is 349 g/mol. The first-order valence-corrected chi connectivity index (χ1v) is 9.61. The van der Waals surface area contributed by atoms with Gasteiger partial charge >= 0.3 is 0 Å². The quantitative estimate of drug-likeness (QED) is 0.640. The highest BCUT2D eigenvalue weighted by molar-refractivity contribution is 5.66. The Morgan fingerprint density at radius 3 is 1.77 bits per heavy atom. The number of rotatable bonds is 3. The van der Waals surface area contributed by atoms with Crippen molar-refractivity contribution in [2.45, 2.75) is 61.6 Å². The van der Waals surface area contributed by atoms with Gasteiger partial charge in [0.25, 0.3) is 0 Å². The minimum absolute atomic E-state index is 0.289. The Labute approximate surface area is 159 Å². The van der Waals surface area contributed by atoms with Gasteiger partial charge in [-0.05, 0) is 99.0 Å². The molecule has 0 spiro atoms. The molecule has 0 bridgehead atoms. The third-order valence-corrected chi connectivity index (χ3v) is 5.85. The fourth-order valence-electron chi connectivity index (χ4n) is 3.94. The molecule has 0 fully saturated rings. The predicted molar refractivity (Wildman–Crippen MR) is 114 cm³/mol. The lowest BCUT2D eigenvalue weighted by molar-refractivity contribution is 0.500. The molecule has 1 unspecified atom stereocenters. The first-order valence-electron chi connectivity index (χ1n) is 9.61. The summed E-state index contributed by atoms with van der Waals surface area (Å²) in [5.41, 5.74) is 10.7. The summed E-state index contributed by atoms with van der Waals surface area (Å²) in [6, 6.07) is 9.27. The van der Waals surface area contributed by atoms with Crippen LogP contribution in [0.4, 0.5) is 11.4 Å². The molecule has 0 aliphatic carbocycles. The lowest BCUT2D eigenvalue weighted by atomic mass is 10.0. The summed E-state index contributed by atoms with van der Waals surface area (Å²) in [4.78, 5) is 4.87. The van der Waals surface area contributed by atoms with Gasteiger partial charge in [-0.2, -0.15) is 0 Å². The fourth-order valence-corrected chi connectivity index (χ4v) is 3.94. The van der Waals surface area contributed by atoms with Crippen molar-refractivity contribution in [3.8, 4) is 0 Å². The minimum Gasteiger partial charge on any atom is -0.325 e. The van der Waals surface area contributed by atoms with E-state index >= 15 is 0 Å². The van der Waals surface area contributed by atoms with Crippen LogP contribution in [0.3, 0.4) is 0 Å². The van der Waals surface area contributed by atoms with Crippen LogP contribution >= 0.6 is 0 Å². The number of nitrogens with zero attached hydrogens (tertiary/aromatic N) is 2. The van der Waals surface area contributed by atoms with Crippen molar-refractivity contribution in [2.75, 3.05) is 9.80 Å². The number of anilines is 2. The standard InChI is InChI=1S/C24H32N2/c1-15(2)24-25(22-12-18(5)21(8)19(6)13-22)9-10-26(24)23-14-17(4)16(3)11-20(23)7/h9-15,24H,1-8H3. The monoisotopic (exact) mass is 348 g/mol. The molecule has 26 heavy (non-hydrogen) atoms. The molecular weight excluding hydrogens is 316 g/mol. The van der Waals surface area contributed by atoms with Crippen molar-refractivity contribution < 1.29 is 0 Å². The third-order valence-electron chi connectivity index (χ3n) is 5.85. The molecular formula is C24H32N2. The van der Waals surface area contributed by atoms with Crippen LogP contribution in [-0.4, -0.2) is 6.17 Å². The second-order valence-electron chi connectivity index (χ2n) is 8.20. The molecule has 0 N–H and O–H groups in total. The lowest BCUT2D eigenvalue weighted by Gasteiger charge is -2.37. The maximum absolute atomic E-state index is 2.44. The van der Waals surface area contributed by atoms with E-state index in [4.69, 9.17) is 0 Å². The first-order chi connectivity index (χ1) is 12.2. The van der Waals surface area contributed by atoms with Crippen LogP contribution in [-0.2, 0) is 0 Å². The summed E-state index contributed by atoms with van der Waals surface area (Å²) < 4.78 is 0. The van der Waals surface area contributed by atoms with Crippen LogP contribution in [0.1, 0.15) is 47.2 Å². The summed E-state index contributed by atoms with van der Waals surface area (Å²) in [5, 5.41) is 0. The van der Waals surface area contributed by atoms with E-state index in [0.717, 1.165) is 0 Å². The van der Waals surface area contributed by atoms with Crippen LogP contribution in [0.25, 0.3) is 0 Å². The Morgan fingerprint density at radius 2 is 1.19 bits per heavy atom. The molecule has 1 aliphatic rings. The topological polar surface area (TPSA) is 6.48 Å². The van der Waals surface area contributed by atoms with Crippen LogP contribution in [0.2, 0.25) is 0 Å². The van der Waals surface area contributed by atoms with Crippen LogP contribution < -0.4 is 9.80 Å². The Bertz CT molecular complexity index is 838.